The van der Waals surface area contributed by atoms with Crippen molar-refractivity contribution in [3.63, 3.8) is 0 Å². The van der Waals surface area contributed by atoms with Crippen molar-refractivity contribution in [1.82, 2.24) is 10.7 Å². The van der Waals surface area contributed by atoms with E-state index in [4.69, 9.17) is 0 Å². The highest BCUT2D eigenvalue weighted by Crippen LogP contribution is 2.25. The highest BCUT2D eigenvalue weighted by Gasteiger charge is 2.16. The molecule has 0 aliphatic carbocycles. The highest BCUT2D eigenvalue weighted by molar-refractivity contribution is 6.35. The van der Waals surface area contributed by atoms with Gasteiger partial charge in [0.05, 0.1) is 17.2 Å². The molecule has 0 aliphatic rings. The molecule has 0 aromatic heterocycles. The minimum atomic E-state index is -0.975. The second kappa shape index (κ2) is 8.38. The Bertz CT molecular complexity index is 851. The molecule has 9 nitrogen and oxygen atoms in total. The predicted molar refractivity (Wildman–Crippen MR) is 93.5 cm³/mol. The fourth-order valence-corrected chi connectivity index (χ4v) is 2.07. The van der Waals surface area contributed by atoms with Gasteiger partial charge >= 0.3 is 17.5 Å². The summed E-state index contributed by atoms with van der Waals surface area (Å²) in [6.45, 7) is 1.74. The number of nitrogens with one attached hydrogen (secondary N) is 2. The maximum atomic E-state index is 11.8. The van der Waals surface area contributed by atoms with Crippen LogP contribution >= 0.6 is 0 Å². The molecule has 0 heterocycles. The number of nitrogens with zero attached hydrogens (tertiary/aromatic N) is 2. The normalized spacial score (nSPS) is 11.7. The lowest BCUT2D eigenvalue weighted by Gasteiger charge is -2.13. The van der Waals surface area contributed by atoms with E-state index in [1.807, 2.05) is 35.8 Å². The Labute approximate surface area is 148 Å². The van der Waals surface area contributed by atoms with Gasteiger partial charge in [-0.05, 0) is 24.6 Å². The fraction of sp³-hybridized carbons (Fsp3) is 0.118. The van der Waals surface area contributed by atoms with Crippen molar-refractivity contribution < 1.29 is 19.6 Å². The quantitative estimate of drug-likeness (QED) is 0.324. The summed E-state index contributed by atoms with van der Waals surface area (Å²) in [7, 11) is 0. The maximum Gasteiger partial charge on any atom is 0.329 e. The van der Waals surface area contributed by atoms with Gasteiger partial charge in [-0.2, -0.15) is 5.10 Å². The zero-order chi connectivity index (χ0) is 19.1. The van der Waals surface area contributed by atoms with Crippen LogP contribution in [0.1, 0.15) is 24.1 Å². The van der Waals surface area contributed by atoms with E-state index < -0.39 is 28.2 Å². The van der Waals surface area contributed by atoms with Crippen LogP contribution in [0.25, 0.3) is 0 Å². The molecule has 2 aromatic carbocycles. The van der Waals surface area contributed by atoms with E-state index >= 15 is 0 Å². The lowest BCUT2D eigenvalue weighted by molar-refractivity contribution is -0.385. The minimum absolute atomic E-state index is 0.271. The number of phenols is 1. The SMILES string of the molecule is C[C@@H](NC(=O)C(=O)N/N=C\c1ccc(O)c([N+](=O)[O-])c1)c1ccccc1. The summed E-state index contributed by atoms with van der Waals surface area (Å²) in [5.74, 6) is -2.32. The third-order valence-corrected chi connectivity index (χ3v) is 3.43. The number of hydrazone groups is 1. The molecule has 1 atom stereocenters. The molecule has 26 heavy (non-hydrogen) atoms. The Morgan fingerprint density at radius 1 is 1.19 bits per heavy atom. The van der Waals surface area contributed by atoms with Crippen LogP contribution in [0.2, 0.25) is 0 Å². The average molecular weight is 356 g/mol. The molecule has 134 valence electrons. The molecule has 2 aromatic rings. The van der Waals surface area contributed by atoms with Gasteiger partial charge < -0.3 is 10.4 Å². The molecule has 0 bridgehead atoms. The maximum absolute atomic E-state index is 11.8. The molecule has 0 unspecified atom stereocenters. The van der Waals surface area contributed by atoms with Crippen LogP contribution in [0.5, 0.6) is 5.75 Å². The number of rotatable bonds is 5. The summed E-state index contributed by atoms with van der Waals surface area (Å²) in [4.78, 5) is 33.6. The van der Waals surface area contributed by atoms with Crippen molar-refractivity contribution >= 4 is 23.7 Å². The zero-order valence-electron chi connectivity index (χ0n) is 13.7. The average Bonchev–Trinajstić information content (AvgIpc) is 2.63. The number of hydrogen-bond acceptors (Lipinski definition) is 6. The molecule has 0 fully saturated rings. The molecule has 2 rings (SSSR count). The Morgan fingerprint density at radius 3 is 2.54 bits per heavy atom. The summed E-state index contributed by atoms with van der Waals surface area (Å²) in [5.41, 5.74) is 2.66. The van der Waals surface area contributed by atoms with Crippen LogP contribution in [0.3, 0.4) is 0 Å². The monoisotopic (exact) mass is 356 g/mol. The second-order valence-electron chi connectivity index (χ2n) is 5.31. The van der Waals surface area contributed by atoms with Crippen molar-refractivity contribution in [3.8, 4) is 5.75 Å². The van der Waals surface area contributed by atoms with Gasteiger partial charge in [0.15, 0.2) is 5.75 Å². The van der Waals surface area contributed by atoms with Crippen molar-refractivity contribution in [2.24, 2.45) is 5.10 Å². The Hall–Kier alpha value is -3.75. The van der Waals surface area contributed by atoms with Crippen LogP contribution in [0.4, 0.5) is 5.69 Å². The molecule has 2 amide bonds. The van der Waals surface area contributed by atoms with Gasteiger partial charge in [0.1, 0.15) is 0 Å². The molecule has 3 N–H and O–H groups in total. The van der Waals surface area contributed by atoms with Crippen molar-refractivity contribution in [3.05, 3.63) is 69.8 Å². The number of carbonyl (C=O) groups excluding carboxylic acids is 2. The van der Waals surface area contributed by atoms with Crippen molar-refractivity contribution in [2.75, 3.05) is 0 Å². The van der Waals surface area contributed by atoms with Crippen molar-refractivity contribution in [2.45, 2.75) is 13.0 Å². The standard InChI is InChI=1S/C17H16N4O5/c1-11(13-5-3-2-4-6-13)19-16(23)17(24)20-18-10-12-7-8-15(22)14(9-12)21(25)26/h2-11,22H,1H3,(H,19,23)(H,20,24)/b18-10-/t11-/m1/s1. The van der Waals surface area contributed by atoms with E-state index in [2.05, 4.69) is 10.4 Å². The minimum Gasteiger partial charge on any atom is -0.502 e. The third kappa shape index (κ3) is 4.87. The molecule has 0 aliphatic heterocycles. The van der Waals surface area contributed by atoms with Gasteiger partial charge in [0, 0.05) is 11.6 Å². The first-order valence-corrected chi connectivity index (χ1v) is 7.54. The molecular formula is C17H16N4O5. The number of aromatic hydroxyl groups is 1. The summed E-state index contributed by atoms with van der Waals surface area (Å²) < 4.78 is 0. The zero-order valence-corrected chi connectivity index (χ0v) is 13.7. The van der Waals surface area contributed by atoms with Crippen LogP contribution in [-0.2, 0) is 9.59 Å². The third-order valence-electron chi connectivity index (χ3n) is 3.43. The van der Waals surface area contributed by atoms with Crippen LogP contribution in [0.15, 0.2) is 53.6 Å². The number of hydrogen-bond donors (Lipinski definition) is 3. The van der Waals surface area contributed by atoms with E-state index in [-0.39, 0.29) is 11.6 Å². The van der Waals surface area contributed by atoms with E-state index in [0.717, 1.165) is 23.9 Å². The van der Waals surface area contributed by atoms with Crippen LogP contribution < -0.4 is 10.7 Å². The van der Waals surface area contributed by atoms with Gasteiger partial charge in [-0.1, -0.05) is 30.3 Å². The molecule has 0 radical (unpaired) electrons. The number of nitro benzene ring substituents is 1. The summed E-state index contributed by atoms with van der Waals surface area (Å²) in [6.07, 6.45) is 1.12. The van der Waals surface area contributed by atoms with E-state index in [1.54, 1.807) is 6.92 Å². The summed E-state index contributed by atoms with van der Waals surface area (Å²) in [5, 5.41) is 26.2. The van der Waals surface area contributed by atoms with Gasteiger partial charge in [0.2, 0.25) is 0 Å². The first-order chi connectivity index (χ1) is 12.4. The van der Waals surface area contributed by atoms with E-state index in [1.165, 1.54) is 6.07 Å². The topological polar surface area (TPSA) is 134 Å². The van der Waals surface area contributed by atoms with E-state index in [0.29, 0.717) is 0 Å². The van der Waals surface area contributed by atoms with Gasteiger partial charge in [-0.15, -0.1) is 0 Å². The van der Waals surface area contributed by atoms with Gasteiger partial charge in [0.25, 0.3) is 0 Å². The molecule has 0 spiro atoms. The first-order valence-electron chi connectivity index (χ1n) is 7.54. The van der Waals surface area contributed by atoms with Crippen LogP contribution in [-0.4, -0.2) is 28.1 Å². The fourth-order valence-electron chi connectivity index (χ4n) is 2.07. The van der Waals surface area contributed by atoms with Gasteiger partial charge in [-0.25, -0.2) is 5.43 Å². The molecule has 0 saturated heterocycles. The number of benzene rings is 2. The molecular weight excluding hydrogens is 340 g/mol. The number of phenolic OH excluding ortho intramolecular Hbond substituents is 1. The smallest absolute Gasteiger partial charge is 0.329 e. The predicted octanol–water partition coefficient (Wildman–Crippen LogP) is 1.63. The number of amides is 2. The number of nitro groups is 1. The Balaban J connectivity index is 1.93. The van der Waals surface area contributed by atoms with E-state index in [9.17, 15) is 24.8 Å². The highest BCUT2D eigenvalue weighted by atomic mass is 16.6. The lowest BCUT2D eigenvalue weighted by Crippen LogP contribution is -2.39. The van der Waals surface area contributed by atoms with Gasteiger partial charge in [-0.3, -0.25) is 19.7 Å². The molecule has 0 saturated carbocycles. The largest absolute Gasteiger partial charge is 0.502 e. The summed E-state index contributed by atoms with van der Waals surface area (Å²) in [6, 6.07) is 12.3. The lowest BCUT2D eigenvalue weighted by atomic mass is 10.1. The van der Waals surface area contributed by atoms with Crippen molar-refractivity contribution in [1.29, 1.82) is 0 Å². The second-order valence-corrected chi connectivity index (χ2v) is 5.31. The van der Waals surface area contributed by atoms with Crippen LogP contribution in [0, 0.1) is 10.1 Å². The number of carbonyl (C=O) groups is 2. The molecule has 9 heteroatoms. The Morgan fingerprint density at radius 2 is 1.88 bits per heavy atom. The Kier molecular flexibility index (Phi) is 5.99. The summed E-state index contributed by atoms with van der Waals surface area (Å²) >= 11 is 0. The first kappa shape index (κ1) is 18.6.